The van der Waals surface area contributed by atoms with E-state index in [4.69, 9.17) is 4.74 Å². The SMILES string of the molecule is CNc1cnn(CCCC2CCCO2)c(=O)c1. The Balaban J connectivity index is 1.84. The Morgan fingerprint density at radius 1 is 1.65 bits per heavy atom. The van der Waals surface area contributed by atoms with Crippen LogP contribution in [-0.2, 0) is 11.3 Å². The average Bonchev–Trinajstić information content (AvgIpc) is 2.84. The summed E-state index contributed by atoms with van der Waals surface area (Å²) in [5, 5.41) is 7.01. The lowest BCUT2D eigenvalue weighted by Gasteiger charge is -2.09. The van der Waals surface area contributed by atoms with Gasteiger partial charge >= 0.3 is 0 Å². The van der Waals surface area contributed by atoms with Crippen LogP contribution in [0.5, 0.6) is 0 Å². The van der Waals surface area contributed by atoms with Crippen molar-refractivity contribution in [1.29, 1.82) is 0 Å². The van der Waals surface area contributed by atoms with Crippen LogP contribution in [0.3, 0.4) is 0 Å². The van der Waals surface area contributed by atoms with Crippen molar-refractivity contribution in [3.63, 3.8) is 0 Å². The fourth-order valence-corrected chi connectivity index (χ4v) is 2.08. The van der Waals surface area contributed by atoms with Crippen LogP contribution < -0.4 is 10.9 Å². The first-order valence-corrected chi connectivity index (χ1v) is 6.16. The van der Waals surface area contributed by atoms with E-state index in [0.29, 0.717) is 12.6 Å². The van der Waals surface area contributed by atoms with Gasteiger partial charge in [0.1, 0.15) is 0 Å². The molecular formula is C12H19N3O2. The van der Waals surface area contributed by atoms with Crippen molar-refractivity contribution < 1.29 is 4.74 Å². The average molecular weight is 237 g/mol. The van der Waals surface area contributed by atoms with Gasteiger partial charge in [0.2, 0.25) is 0 Å². The van der Waals surface area contributed by atoms with Crippen LogP contribution in [0.1, 0.15) is 25.7 Å². The molecule has 1 saturated heterocycles. The summed E-state index contributed by atoms with van der Waals surface area (Å²) in [4.78, 5) is 11.7. The Labute approximate surface area is 101 Å². The summed E-state index contributed by atoms with van der Waals surface area (Å²) in [6.45, 7) is 1.56. The predicted octanol–water partition coefficient (Wildman–Crippen LogP) is 1.24. The predicted molar refractivity (Wildman–Crippen MR) is 66.3 cm³/mol. The number of rotatable bonds is 5. The third-order valence-electron chi connectivity index (χ3n) is 3.08. The molecule has 0 radical (unpaired) electrons. The van der Waals surface area contributed by atoms with Gasteiger partial charge in [-0.2, -0.15) is 5.10 Å². The third-order valence-corrected chi connectivity index (χ3v) is 3.08. The maximum Gasteiger partial charge on any atom is 0.268 e. The van der Waals surface area contributed by atoms with Crippen molar-refractivity contribution in [3.8, 4) is 0 Å². The van der Waals surface area contributed by atoms with Crippen molar-refractivity contribution >= 4 is 5.69 Å². The van der Waals surface area contributed by atoms with E-state index in [1.807, 2.05) is 0 Å². The standard InChI is InChI=1S/C12H19N3O2/c1-13-10-8-12(16)15(14-9-10)6-2-4-11-5-3-7-17-11/h8-9,11,13H,2-7H2,1H3. The molecule has 1 fully saturated rings. The Hall–Kier alpha value is -1.36. The summed E-state index contributed by atoms with van der Waals surface area (Å²) >= 11 is 0. The van der Waals surface area contributed by atoms with Crippen molar-refractivity contribution in [2.45, 2.75) is 38.3 Å². The number of hydrogen-bond donors (Lipinski definition) is 1. The smallest absolute Gasteiger partial charge is 0.268 e. The summed E-state index contributed by atoms with van der Waals surface area (Å²) in [6, 6.07) is 1.57. The van der Waals surface area contributed by atoms with E-state index in [-0.39, 0.29) is 5.56 Å². The third kappa shape index (κ3) is 3.30. The zero-order valence-corrected chi connectivity index (χ0v) is 10.2. The van der Waals surface area contributed by atoms with Crippen molar-refractivity contribution in [1.82, 2.24) is 9.78 Å². The lowest BCUT2D eigenvalue weighted by molar-refractivity contribution is 0.101. The van der Waals surface area contributed by atoms with Gasteiger partial charge in [0.15, 0.2) is 0 Å². The van der Waals surface area contributed by atoms with Gasteiger partial charge in [0.05, 0.1) is 18.0 Å². The molecule has 2 heterocycles. The van der Waals surface area contributed by atoms with E-state index in [9.17, 15) is 4.79 Å². The quantitative estimate of drug-likeness (QED) is 0.837. The molecule has 1 unspecified atom stereocenters. The van der Waals surface area contributed by atoms with Gasteiger partial charge in [-0.05, 0) is 25.7 Å². The molecule has 1 aliphatic rings. The van der Waals surface area contributed by atoms with E-state index >= 15 is 0 Å². The van der Waals surface area contributed by atoms with Gasteiger partial charge in [-0.15, -0.1) is 0 Å². The van der Waals surface area contributed by atoms with E-state index in [1.54, 1.807) is 19.3 Å². The summed E-state index contributed by atoms with van der Waals surface area (Å²) in [5.74, 6) is 0. The normalized spacial score (nSPS) is 19.5. The van der Waals surface area contributed by atoms with Gasteiger partial charge in [-0.1, -0.05) is 0 Å². The summed E-state index contributed by atoms with van der Waals surface area (Å²) in [5.41, 5.74) is 0.703. The van der Waals surface area contributed by atoms with Crippen LogP contribution in [-0.4, -0.2) is 29.5 Å². The second kappa shape index (κ2) is 5.82. The van der Waals surface area contributed by atoms with Crippen LogP contribution in [0.15, 0.2) is 17.1 Å². The minimum atomic E-state index is -0.0517. The molecule has 5 nitrogen and oxygen atoms in total. The maximum atomic E-state index is 11.7. The number of nitrogens with one attached hydrogen (secondary N) is 1. The minimum Gasteiger partial charge on any atom is -0.387 e. The number of nitrogens with zero attached hydrogens (tertiary/aromatic N) is 2. The molecule has 0 amide bonds. The van der Waals surface area contributed by atoms with Gasteiger partial charge in [0, 0.05) is 26.3 Å². The lowest BCUT2D eigenvalue weighted by Crippen LogP contribution is -2.23. The fourth-order valence-electron chi connectivity index (χ4n) is 2.08. The number of ether oxygens (including phenoxy) is 1. The second-order valence-corrected chi connectivity index (χ2v) is 4.33. The number of anilines is 1. The van der Waals surface area contributed by atoms with E-state index < -0.39 is 0 Å². The van der Waals surface area contributed by atoms with Gasteiger partial charge in [-0.3, -0.25) is 4.79 Å². The summed E-state index contributed by atoms with van der Waals surface area (Å²) in [7, 11) is 1.78. The molecular weight excluding hydrogens is 218 g/mol. The first-order valence-electron chi connectivity index (χ1n) is 6.16. The number of hydrogen-bond acceptors (Lipinski definition) is 4. The van der Waals surface area contributed by atoms with Crippen molar-refractivity contribution in [2.24, 2.45) is 0 Å². The van der Waals surface area contributed by atoms with E-state index in [1.165, 1.54) is 11.1 Å². The van der Waals surface area contributed by atoms with Crippen LogP contribution in [0, 0.1) is 0 Å². The zero-order valence-electron chi connectivity index (χ0n) is 10.2. The molecule has 0 aliphatic carbocycles. The molecule has 0 saturated carbocycles. The van der Waals surface area contributed by atoms with Crippen LogP contribution >= 0.6 is 0 Å². The van der Waals surface area contributed by atoms with Crippen molar-refractivity contribution in [3.05, 3.63) is 22.6 Å². The Morgan fingerprint density at radius 2 is 2.53 bits per heavy atom. The van der Waals surface area contributed by atoms with Gasteiger partial charge in [-0.25, -0.2) is 4.68 Å². The largest absolute Gasteiger partial charge is 0.387 e. The zero-order chi connectivity index (χ0) is 12.1. The Kier molecular flexibility index (Phi) is 4.14. The van der Waals surface area contributed by atoms with Gasteiger partial charge < -0.3 is 10.1 Å². The highest BCUT2D eigenvalue weighted by molar-refractivity contribution is 5.37. The molecule has 1 aromatic heterocycles. The topological polar surface area (TPSA) is 56.1 Å². The van der Waals surface area contributed by atoms with Crippen molar-refractivity contribution in [2.75, 3.05) is 19.0 Å². The molecule has 1 aromatic rings. The second-order valence-electron chi connectivity index (χ2n) is 4.33. The molecule has 1 aliphatic heterocycles. The van der Waals surface area contributed by atoms with E-state index in [0.717, 1.165) is 31.6 Å². The fraction of sp³-hybridized carbons (Fsp3) is 0.667. The van der Waals surface area contributed by atoms with Crippen LogP contribution in [0.25, 0.3) is 0 Å². The first kappa shape index (κ1) is 12.1. The molecule has 0 spiro atoms. The number of aromatic nitrogens is 2. The minimum absolute atomic E-state index is 0.0517. The van der Waals surface area contributed by atoms with Crippen LogP contribution in [0.2, 0.25) is 0 Å². The summed E-state index contributed by atoms with van der Waals surface area (Å²) in [6.07, 6.45) is 6.34. The molecule has 1 N–H and O–H groups in total. The van der Waals surface area contributed by atoms with Crippen LogP contribution in [0.4, 0.5) is 5.69 Å². The molecule has 1 atom stereocenters. The first-order chi connectivity index (χ1) is 8.29. The lowest BCUT2D eigenvalue weighted by atomic mass is 10.1. The Bertz CT molecular complexity index is 410. The Morgan fingerprint density at radius 3 is 3.18 bits per heavy atom. The van der Waals surface area contributed by atoms with E-state index in [2.05, 4.69) is 10.4 Å². The molecule has 0 bridgehead atoms. The molecule has 2 rings (SSSR count). The number of aryl methyl sites for hydroxylation is 1. The molecule has 5 heteroatoms. The van der Waals surface area contributed by atoms with Gasteiger partial charge in [0.25, 0.3) is 5.56 Å². The maximum absolute atomic E-state index is 11.7. The molecule has 0 aromatic carbocycles. The highest BCUT2D eigenvalue weighted by atomic mass is 16.5. The highest BCUT2D eigenvalue weighted by Crippen LogP contribution is 2.16. The summed E-state index contributed by atoms with van der Waals surface area (Å²) < 4.78 is 7.05. The molecule has 94 valence electrons. The molecule has 17 heavy (non-hydrogen) atoms. The highest BCUT2D eigenvalue weighted by Gasteiger charge is 2.14. The monoisotopic (exact) mass is 237 g/mol.